The summed E-state index contributed by atoms with van der Waals surface area (Å²) in [6.45, 7) is 2.34. The van der Waals surface area contributed by atoms with Gasteiger partial charge in [0.2, 0.25) is 0 Å². The van der Waals surface area contributed by atoms with E-state index in [0.29, 0.717) is 5.92 Å². The minimum absolute atomic E-state index is 0.139. The summed E-state index contributed by atoms with van der Waals surface area (Å²) < 4.78 is 5.96. The number of hydrogen-bond donors (Lipinski definition) is 2. The fourth-order valence-corrected chi connectivity index (χ4v) is 3.23. The van der Waals surface area contributed by atoms with Gasteiger partial charge in [-0.15, -0.1) is 0 Å². The molecule has 3 nitrogen and oxygen atoms in total. The molecule has 1 unspecified atom stereocenters. The number of hydrazine groups is 1. The van der Waals surface area contributed by atoms with E-state index in [4.69, 9.17) is 10.3 Å². The molecule has 19 heavy (non-hydrogen) atoms. The molecule has 0 aliphatic heterocycles. The van der Waals surface area contributed by atoms with Gasteiger partial charge in [-0.3, -0.25) is 5.84 Å². The van der Waals surface area contributed by atoms with Crippen LogP contribution in [0.4, 0.5) is 0 Å². The molecule has 1 aromatic carbocycles. The van der Waals surface area contributed by atoms with Crippen molar-refractivity contribution < 1.29 is 4.42 Å². The van der Waals surface area contributed by atoms with Crippen LogP contribution in [-0.2, 0) is 0 Å². The number of benzene rings is 1. The van der Waals surface area contributed by atoms with Crippen LogP contribution in [0, 0.1) is 11.8 Å². The Morgan fingerprint density at radius 2 is 1.95 bits per heavy atom. The first-order chi connectivity index (χ1) is 9.28. The van der Waals surface area contributed by atoms with Gasteiger partial charge < -0.3 is 4.42 Å². The molecule has 0 bridgehead atoms. The predicted octanol–water partition coefficient (Wildman–Crippen LogP) is 3.76. The van der Waals surface area contributed by atoms with Crippen molar-refractivity contribution in [3.8, 4) is 0 Å². The summed E-state index contributed by atoms with van der Waals surface area (Å²) in [5.41, 5.74) is 3.92. The molecular weight excluding hydrogens is 236 g/mol. The number of furan rings is 1. The van der Waals surface area contributed by atoms with Crippen LogP contribution in [0.15, 0.2) is 34.7 Å². The van der Waals surface area contributed by atoms with Gasteiger partial charge in [0, 0.05) is 5.39 Å². The third-order valence-corrected chi connectivity index (χ3v) is 4.46. The Balaban J connectivity index is 1.85. The molecule has 0 radical (unpaired) electrons. The highest BCUT2D eigenvalue weighted by atomic mass is 16.3. The van der Waals surface area contributed by atoms with Crippen molar-refractivity contribution in [2.75, 3.05) is 0 Å². The topological polar surface area (TPSA) is 51.2 Å². The molecule has 1 atom stereocenters. The number of rotatable bonds is 3. The van der Waals surface area contributed by atoms with Crippen LogP contribution in [-0.4, -0.2) is 0 Å². The molecule has 3 rings (SSSR count). The van der Waals surface area contributed by atoms with Crippen LogP contribution in [0.2, 0.25) is 0 Å². The quantitative estimate of drug-likeness (QED) is 0.651. The predicted molar refractivity (Wildman–Crippen MR) is 77.4 cm³/mol. The molecule has 3 heteroatoms. The van der Waals surface area contributed by atoms with E-state index in [9.17, 15) is 0 Å². The van der Waals surface area contributed by atoms with Crippen LogP contribution < -0.4 is 11.3 Å². The van der Waals surface area contributed by atoms with Crippen LogP contribution in [0.3, 0.4) is 0 Å². The average Bonchev–Trinajstić information content (AvgIpc) is 2.85. The summed E-state index contributed by atoms with van der Waals surface area (Å²) in [5.74, 6) is 8.19. The van der Waals surface area contributed by atoms with E-state index in [1.165, 1.54) is 25.7 Å². The number of hydrogen-bond acceptors (Lipinski definition) is 3. The highest BCUT2D eigenvalue weighted by molar-refractivity contribution is 5.77. The number of para-hydroxylation sites is 1. The highest BCUT2D eigenvalue weighted by Crippen LogP contribution is 2.37. The lowest BCUT2D eigenvalue weighted by Gasteiger charge is -2.31. The molecule has 1 fully saturated rings. The third-order valence-electron chi connectivity index (χ3n) is 4.46. The Kier molecular flexibility index (Phi) is 3.58. The molecule has 1 heterocycles. The smallest absolute Gasteiger partial charge is 0.134 e. The van der Waals surface area contributed by atoms with E-state index in [0.717, 1.165) is 22.6 Å². The van der Waals surface area contributed by atoms with Crippen LogP contribution in [0.5, 0.6) is 0 Å². The molecule has 0 spiro atoms. The molecule has 3 N–H and O–H groups in total. The van der Waals surface area contributed by atoms with Gasteiger partial charge in [-0.1, -0.05) is 38.0 Å². The standard InChI is InChI=1S/C16H22N2O/c1-11-6-8-12(9-7-11)16(18-17)15-10-13-4-2-3-5-14(13)19-15/h2-5,10-12,16,18H,6-9,17H2,1H3. The average molecular weight is 258 g/mol. The normalized spacial score (nSPS) is 25.6. The summed E-state index contributed by atoms with van der Waals surface area (Å²) in [6.07, 6.45) is 5.05. The van der Waals surface area contributed by atoms with E-state index in [1.54, 1.807) is 0 Å². The van der Waals surface area contributed by atoms with Gasteiger partial charge in [0.1, 0.15) is 11.3 Å². The molecule has 102 valence electrons. The Labute approximate surface area is 114 Å². The zero-order chi connectivity index (χ0) is 13.2. The van der Waals surface area contributed by atoms with Gasteiger partial charge in [0.15, 0.2) is 0 Å². The minimum Gasteiger partial charge on any atom is -0.459 e. The van der Waals surface area contributed by atoms with E-state index < -0.39 is 0 Å². The maximum Gasteiger partial charge on any atom is 0.134 e. The first-order valence-electron chi connectivity index (χ1n) is 7.22. The Morgan fingerprint density at radius 3 is 2.63 bits per heavy atom. The van der Waals surface area contributed by atoms with Crippen molar-refractivity contribution in [1.82, 2.24) is 5.43 Å². The lowest BCUT2D eigenvalue weighted by Crippen LogP contribution is -2.35. The molecule has 1 saturated carbocycles. The summed E-state index contributed by atoms with van der Waals surface area (Å²) in [5, 5.41) is 1.15. The molecule has 1 aromatic heterocycles. The molecular formula is C16H22N2O. The monoisotopic (exact) mass is 258 g/mol. The van der Waals surface area contributed by atoms with Crippen LogP contribution in [0.1, 0.15) is 44.4 Å². The summed E-state index contributed by atoms with van der Waals surface area (Å²) in [6, 6.07) is 10.4. The van der Waals surface area contributed by atoms with Gasteiger partial charge in [0.25, 0.3) is 0 Å². The minimum atomic E-state index is 0.139. The van der Waals surface area contributed by atoms with E-state index in [-0.39, 0.29) is 6.04 Å². The van der Waals surface area contributed by atoms with Crippen molar-refractivity contribution in [2.45, 2.75) is 38.6 Å². The molecule has 2 aromatic rings. The number of nitrogens with one attached hydrogen (secondary N) is 1. The SMILES string of the molecule is CC1CCC(C(NN)c2cc3ccccc3o2)CC1. The van der Waals surface area contributed by atoms with Gasteiger partial charge in [0.05, 0.1) is 6.04 Å². The Bertz CT molecular complexity index is 507. The maximum atomic E-state index is 5.96. The second-order valence-corrected chi connectivity index (χ2v) is 5.85. The zero-order valence-corrected chi connectivity index (χ0v) is 11.4. The summed E-state index contributed by atoms with van der Waals surface area (Å²) in [4.78, 5) is 0. The second kappa shape index (κ2) is 5.35. The van der Waals surface area contributed by atoms with E-state index in [2.05, 4.69) is 24.5 Å². The zero-order valence-electron chi connectivity index (χ0n) is 11.4. The molecule has 1 aliphatic carbocycles. The maximum absolute atomic E-state index is 5.96. The summed E-state index contributed by atoms with van der Waals surface area (Å²) in [7, 11) is 0. The highest BCUT2D eigenvalue weighted by Gasteiger charge is 2.28. The first-order valence-corrected chi connectivity index (χ1v) is 7.22. The first kappa shape index (κ1) is 12.7. The largest absolute Gasteiger partial charge is 0.459 e. The molecule has 0 amide bonds. The van der Waals surface area contributed by atoms with Gasteiger partial charge in [-0.2, -0.15) is 0 Å². The molecule has 1 aliphatic rings. The fourth-order valence-electron chi connectivity index (χ4n) is 3.23. The van der Waals surface area contributed by atoms with E-state index in [1.807, 2.05) is 18.2 Å². The second-order valence-electron chi connectivity index (χ2n) is 5.85. The lowest BCUT2D eigenvalue weighted by molar-refractivity contribution is 0.215. The molecule has 0 saturated heterocycles. The summed E-state index contributed by atoms with van der Waals surface area (Å²) >= 11 is 0. The van der Waals surface area contributed by atoms with Crippen molar-refractivity contribution in [1.29, 1.82) is 0 Å². The van der Waals surface area contributed by atoms with Crippen molar-refractivity contribution in [2.24, 2.45) is 17.7 Å². The number of nitrogens with two attached hydrogens (primary N) is 1. The fraction of sp³-hybridized carbons (Fsp3) is 0.500. The van der Waals surface area contributed by atoms with E-state index >= 15 is 0 Å². The van der Waals surface area contributed by atoms with Gasteiger partial charge in [-0.05, 0) is 36.8 Å². The van der Waals surface area contributed by atoms with Gasteiger partial charge >= 0.3 is 0 Å². The number of fused-ring (bicyclic) bond motifs is 1. The van der Waals surface area contributed by atoms with Crippen molar-refractivity contribution in [3.05, 3.63) is 36.1 Å². The van der Waals surface area contributed by atoms with Crippen LogP contribution in [0.25, 0.3) is 11.0 Å². The van der Waals surface area contributed by atoms with Gasteiger partial charge in [-0.25, -0.2) is 5.43 Å². The van der Waals surface area contributed by atoms with Crippen molar-refractivity contribution >= 4 is 11.0 Å². The Morgan fingerprint density at radius 1 is 1.21 bits per heavy atom. The third kappa shape index (κ3) is 2.53. The lowest BCUT2D eigenvalue weighted by atomic mass is 9.79. The van der Waals surface area contributed by atoms with Crippen molar-refractivity contribution in [3.63, 3.8) is 0 Å². The Hall–Kier alpha value is -1.32. The van der Waals surface area contributed by atoms with Crippen LogP contribution >= 0.6 is 0 Å².